The first-order valence-corrected chi connectivity index (χ1v) is 8.14. The summed E-state index contributed by atoms with van der Waals surface area (Å²) in [6, 6.07) is 5.90. The number of nitrogens with one attached hydrogen (secondary N) is 1. The molecule has 3 nitrogen and oxygen atoms in total. The van der Waals surface area contributed by atoms with Crippen molar-refractivity contribution in [3.05, 3.63) is 41.7 Å². The van der Waals surface area contributed by atoms with Crippen LogP contribution in [-0.2, 0) is 4.79 Å². The summed E-state index contributed by atoms with van der Waals surface area (Å²) in [5, 5.41) is 13.3. The third kappa shape index (κ3) is 4.32. The van der Waals surface area contributed by atoms with Crippen molar-refractivity contribution in [1.82, 2.24) is 5.32 Å². The summed E-state index contributed by atoms with van der Waals surface area (Å²) in [5.41, 5.74) is -0.0200. The van der Waals surface area contributed by atoms with Gasteiger partial charge in [0.25, 0.3) is 0 Å². The van der Waals surface area contributed by atoms with Crippen molar-refractivity contribution in [2.45, 2.75) is 30.6 Å². The van der Waals surface area contributed by atoms with Gasteiger partial charge in [-0.2, -0.15) is 11.8 Å². The molecule has 2 atom stereocenters. The minimum Gasteiger partial charge on any atom is -0.387 e. The van der Waals surface area contributed by atoms with Crippen LogP contribution in [-0.4, -0.2) is 34.2 Å². The predicted molar refractivity (Wildman–Crippen MR) is 84.5 cm³/mol. The summed E-state index contributed by atoms with van der Waals surface area (Å²) in [4.78, 5) is 11.7. The third-order valence-corrected chi connectivity index (χ3v) is 5.08. The average Bonchev–Trinajstić information content (AvgIpc) is 2.48. The molecule has 1 aromatic rings. The highest BCUT2D eigenvalue weighted by Gasteiger charge is 2.45. The van der Waals surface area contributed by atoms with E-state index < -0.39 is 5.60 Å². The number of benzene rings is 1. The van der Waals surface area contributed by atoms with Crippen molar-refractivity contribution in [1.29, 1.82) is 0 Å². The number of rotatable bonds is 6. The average molecular weight is 309 g/mol. The van der Waals surface area contributed by atoms with Crippen molar-refractivity contribution in [2.75, 3.05) is 12.3 Å². The number of thioether (sulfide) groups is 1. The minimum absolute atomic E-state index is 0.212. The summed E-state index contributed by atoms with van der Waals surface area (Å²) < 4.78 is 12.7. The second kappa shape index (κ2) is 7.09. The van der Waals surface area contributed by atoms with Crippen LogP contribution in [0.25, 0.3) is 6.08 Å². The highest BCUT2D eigenvalue weighted by molar-refractivity contribution is 8.00. The molecule has 1 amide bonds. The van der Waals surface area contributed by atoms with Crippen LogP contribution in [0.1, 0.15) is 25.3 Å². The lowest BCUT2D eigenvalue weighted by atomic mass is 9.79. The van der Waals surface area contributed by atoms with Gasteiger partial charge >= 0.3 is 0 Å². The van der Waals surface area contributed by atoms with Crippen molar-refractivity contribution in [3.63, 3.8) is 0 Å². The summed E-state index contributed by atoms with van der Waals surface area (Å²) in [7, 11) is 0. The van der Waals surface area contributed by atoms with Crippen molar-refractivity contribution in [2.24, 2.45) is 0 Å². The Morgan fingerprint density at radius 3 is 2.81 bits per heavy atom. The molecule has 0 heterocycles. The molecule has 1 aromatic carbocycles. The Morgan fingerprint density at radius 1 is 1.52 bits per heavy atom. The zero-order valence-corrected chi connectivity index (χ0v) is 12.8. The molecule has 0 bridgehead atoms. The molecular formula is C16H20FNO2S. The molecule has 1 saturated carbocycles. The largest absolute Gasteiger partial charge is 0.387 e. The molecule has 5 heteroatoms. The molecule has 0 radical (unpaired) electrons. The Balaban J connectivity index is 1.81. The fraction of sp³-hybridized carbons (Fsp3) is 0.438. The van der Waals surface area contributed by atoms with Crippen LogP contribution >= 0.6 is 11.8 Å². The molecule has 2 N–H and O–H groups in total. The number of halogens is 1. The first kappa shape index (κ1) is 16.0. The van der Waals surface area contributed by atoms with E-state index in [0.29, 0.717) is 0 Å². The molecule has 2 rings (SSSR count). The predicted octanol–water partition coefficient (Wildman–Crippen LogP) is 2.60. The van der Waals surface area contributed by atoms with E-state index in [1.807, 2.05) is 0 Å². The number of hydrogen-bond acceptors (Lipinski definition) is 3. The Morgan fingerprint density at radius 2 is 2.24 bits per heavy atom. The van der Waals surface area contributed by atoms with Gasteiger partial charge in [0.1, 0.15) is 5.82 Å². The van der Waals surface area contributed by atoms with Crippen LogP contribution < -0.4 is 5.32 Å². The third-order valence-electron chi connectivity index (χ3n) is 3.67. The lowest BCUT2D eigenvalue weighted by molar-refractivity contribution is -0.118. The second-order valence-electron chi connectivity index (χ2n) is 5.19. The molecule has 0 spiro atoms. The summed E-state index contributed by atoms with van der Waals surface area (Å²) in [5.74, 6) is 0.411. The van der Waals surface area contributed by atoms with Crippen LogP contribution in [0.2, 0.25) is 0 Å². The van der Waals surface area contributed by atoms with Crippen LogP contribution in [0.4, 0.5) is 4.39 Å². The molecule has 114 valence electrons. The van der Waals surface area contributed by atoms with Gasteiger partial charge in [-0.05, 0) is 42.4 Å². The number of amides is 1. The Labute approximate surface area is 128 Å². The van der Waals surface area contributed by atoms with E-state index in [9.17, 15) is 14.3 Å². The monoisotopic (exact) mass is 309 g/mol. The van der Waals surface area contributed by atoms with E-state index in [-0.39, 0.29) is 23.5 Å². The lowest BCUT2D eigenvalue weighted by Crippen LogP contribution is -2.56. The van der Waals surface area contributed by atoms with Crippen LogP contribution in [0.3, 0.4) is 0 Å². The van der Waals surface area contributed by atoms with E-state index in [1.54, 1.807) is 30.0 Å². The molecule has 1 aliphatic carbocycles. The lowest BCUT2D eigenvalue weighted by Gasteiger charge is -2.44. The van der Waals surface area contributed by atoms with Gasteiger partial charge in [-0.3, -0.25) is 4.79 Å². The minimum atomic E-state index is -0.778. The number of carbonyl (C=O) groups excluding carboxylic acids is 1. The van der Waals surface area contributed by atoms with Gasteiger partial charge in [0.15, 0.2) is 0 Å². The normalized spacial score (nSPS) is 24.8. The Bertz CT molecular complexity index is 518. The van der Waals surface area contributed by atoms with Gasteiger partial charge in [-0.25, -0.2) is 4.39 Å². The van der Waals surface area contributed by atoms with Crippen molar-refractivity contribution >= 4 is 23.7 Å². The smallest absolute Gasteiger partial charge is 0.244 e. The van der Waals surface area contributed by atoms with Gasteiger partial charge in [0.05, 0.1) is 5.60 Å². The first-order valence-electron chi connectivity index (χ1n) is 7.09. The van der Waals surface area contributed by atoms with Crippen LogP contribution in [0.15, 0.2) is 30.3 Å². The maximum absolute atomic E-state index is 12.7. The highest BCUT2D eigenvalue weighted by atomic mass is 32.2. The summed E-state index contributed by atoms with van der Waals surface area (Å²) in [6.45, 7) is 2.34. The molecule has 0 unspecified atom stereocenters. The van der Waals surface area contributed by atoms with Crippen LogP contribution in [0, 0.1) is 5.82 Å². The van der Waals surface area contributed by atoms with E-state index in [4.69, 9.17) is 0 Å². The molecule has 0 saturated heterocycles. The zero-order chi connectivity index (χ0) is 15.3. The van der Waals surface area contributed by atoms with Gasteiger partial charge in [-0.1, -0.05) is 19.1 Å². The standard InChI is InChI=1S/C16H20FNO2S/c1-2-21-14-9-10-16(14,20)11-18-15(19)8-5-12-3-6-13(17)7-4-12/h3-8,14,20H,2,9-11H2,1H3,(H,18,19)/b8-5+/t14-,16+/m0/s1. The van der Waals surface area contributed by atoms with Gasteiger partial charge in [0.2, 0.25) is 5.91 Å². The van der Waals surface area contributed by atoms with Gasteiger partial charge < -0.3 is 10.4 Å². The topological polar surface area (TPSA) is 49.3 Å². The Kier molecular flexibility index (Phi) is 5.42. The molecule has 1 fully saturated rings. The van der Waals surface area contributed by atoms with E-state index >= 15 is 0 Å². The van der Waals surface area contributed by atoms with E-state index in [1.165, 1.54) is 18.2 Å². The first-order chi connectivity index (χ1) is 10.0. The van der Waals surface area contributed by atoms with Crippen LogP contribution in [0.5, 0.6) is 0 Å². The molecule has 1 aliphatic rings. The Hall–Kier alpha value is -1.33. The maximum Gasteiger partial charge on any atom is 0.244 e. The SMILES string of the molecule is CCS[C@H]1CC[C@@]1(O)CNC(=O)/C=C/c1ccc(F)cc1. The molecule has 0 aromatic heterocycles. The van der Waals surface area contributed by atoms with Gasteiger partial charge in [-0.15, -0.1) is 0 Å². The van der Waals surface area contributed by atoms with Crippen molar-refractivity contribution < 1.29 is 14.3 Å². The summed E-state index contributed by atoms with van der Waals surface area (Å²) in [6.07, 6.45) is 4.75. The molecule has 0 aliphatic heterocycles. The van der Waals surface area contributed by atoms with Gasteiger partial charge in [0, 0.05) is 17.9 Å². The highest BCUT2D eigenvalue weighted by Crippen LogP contribution is 2.40. The van der Waals surface area contributed by atoms with E-state index in [0.717, 1.165) is 24.2 Å². The number of hydrogen-bond donors (Lipinski definition) is 2. The number of carbonyl (C=O) groups is 1. The quantitative estimate of drug-likeness (QED) is 0.794. The fourth-order valence-corrected chi connectivity index (χ4v) is 3.48. The fourth-order valence-electron chi connectivity index (χ4n) is 2.28. The van der Waals surface area contributed by atoms with Crippen molar-refractivity contribution in [3.8, 4) is 0 Å². The summed E-state index contributed by atoms with van der Waals surface area (Å²) >= 11 is 1.73. The molecular weight excluding hydrogens is 289 g/mol. The number of aliphatic hydroxyl groups is 1. The zero-order valence-electron chi connectivity index (χ0n) is 12.0. The second-order valence-corrected chi connectivity index (χ2v) is 6.67. The molecule has 21 heavy (non-hydrogen) atoms. The van der Waals surface area contributed by atoms with E-state index in [2.05, 4.69) is 12.2 Å². The maximum atomic E-state index is 12.7.